The number of phenolic OH excluding ortho intramolecular Hbond substituents is 1. The van der Waals surface area contributed by atoms with Crippen LogP contribution in [0.1, 0.15) is 25.3 Å². The number of carboxylic acid groups (broad SMARTS) is 2. The van der Waals surface area contributed by atoms with Crippen LogP contribution in [0.3, 0.4) is 0 Å². The summed E-state index contributed by atoms with van der Waals surface area (Å²) in [5.41, 5.74) is 6.09. The molecule has 0 aliphatic carbocycles. The van der Waals surface area contributed by atoms with Gasteiger partial charge >= 0.3 is 11.9 Å². The first-order valence-corrected chi connectivity index (χ1v) is 11.7. The summed E-state index contributed by atoms with van der Waals surface area (Å²) < 4.78 is 0. The van der Waals surface area contributed by atoms with Gasteiger partial charge in [-0.3, -0.25) is 19.2 Å². The molecular weight excluding hydrogens is 468 g/mol. The van der Waals surface area contributed by atoms with Gasteiger partial charge in [-0.1, -0.05) is 12.1 Å². The van der Waals surface area contributed by atoms with Crippen LogP contribution in [-0.4, -0.2) is 81.2 Å². The van der Waals surface area contributed by atoms with E-state index in [1.165, 1.54) is 43.0 Å². The van der Waals surface area contributed by atoms with Gasteiger partial charge in [0.25, 0.3) is 0 Å². The lowest BCUT2D eigenvalue weighted by molar-refractivity contribution is -0.147. The van der Waals surface area contributed by atoms with Crippen LogP contribution in [0.5, 0.6) is 5.75 Å². The highest BCUT2D eigenvalue weighted by molar-refractivity contribution is 7.98. The molecule has 4 atom stereocenters. The standard InChI is InChI=1S/C21H30N4O8S/c1-11(22)18(29)23-14(7-8-34-2)19(30)24-15(9-12-3-5-13(26)6-4-12)20(31)25-16(21(32)33)10-17(27)28/h3-6,11,14-16,26H,7-10,22H2,1-2H3,(H,23,29)(H,24,30)(H,25,31)(H,27,28)(H,32,33). The molecule has 0 aliphatic heterocycles. The van der Waals surface area contributed by atoms with Crippen molar-refractivity contribution in [1.29, 1.82) is 0 Å². The van der Waals surface area contributed by atoms with Gasteiger partial charge in [-0.25, -0.2) is 4.79 Å². The molecular formula is C21H30N4O8S. The molecule has 0 aromatic heterocycles. The highest BCUT2D eigenvalue weighted by atomic mass is 32.2. The topological polar surface area (TPSA) is 208 Å². The van der Waals surface area contributed by atoms with Crippen molar-refractivity contribution in [3.8, 4) is 5.75 Å². The molecule has 1 rings (SSSR count). The molecule has 8 N–H and O–H groups in total. The predicted molar refractivity (Wildman–Crippen MR) is 124 cm³/mol. The Morgan fingerprint density at radius 3 is 1.94 bits per heavy atom. The summed E-state index contributed by atoms with van der Waals surface area (Å²) in [6.45, 7) is 1.45. The van der Waals surface area contributed by atoms with Crippen LogP contribution < -0.4 is 21.7 Å². The first-order valence-electron chi connectivity index (χ1n) is 10.3. The Balaban J connectivity index is 3.13. The minimum atomic E-state index is -1.71. The molecule has 1 aromatic rings. The van der Waals surface area contributed by atoms with Crippen molar-refractivity contribution in [3.63, 3.8) is 0 Å². The number of carbonyl (C=O) groups is 5. The van der Waals surface area contributed by atoms with Crippen molar-refractivity contribution < 1.29 is 39.3 Å². The summed E-state index contributed by atoms with van der Waals surface area (Å²) in [6, 6.07) is 0.893. The van der Waals surface area contributed by atoms with Crippen LogP contribution >= 0.6 is 11.8 Å². The van der Waals surface area contributed by atoms with Crippen molar-refractivity contribution in [3.05, 3.63) is 29.8 Å². The van der Waals surface area contributed by atoms with E-state index in [1.807, 2.05) is 6.26 Å². The normalized spacial score (nSPS) is 14.2. The van der Waals surface area contributed by atoms with E-state index in [0.29, 0.717) is 11.3 Å². The average molecular weight is 499 g/mol. The van der Waals surface area contributed by atoms with Crippen LogP contribution in [0.4, 0.5) is 0 Å². The van der Waals surface area contributed by atoms with Gasteiger partial charge in [-0.05, 0) is 43.0 Å². The Morgan fingerprint density at radius 1 is 0.912 bits per heavy atom. The minimum Gasteiger partial charge on any atom is -0.508 e. The lowest BCUT2D eigenvalue weighted by atomic mass is 10.0. The fraction of sp³-hybridized carbons (Fsp3) is 0.476. The van der Waals surface area contributed by atoms with E-state index in [0.717, 1.165) is 0 Å². The van der Waals surface area contributed by atoms with Gasteiger partial charge in [-0.15, -0.1) is 0 Å². The number of hydrogen-bond donors (Lipinski definition) is 7. The number of carbonyl (C=O) groups excluding carboxylic acids is 3. The molecule has 0 bridgehead atoms. The molecule has 0 heterocycles. The van der Waals surface area contributed by atoms with E-state index in [1.54, 1.807) is 0 Å². The van der Waals surface area contributed by atoms with E-state index in [2.05, 4.69) is 16.0 Å². The lowest BCUT2D eigenvalue weighted by Crippen LogP contribution is -2.57. The molecule has 3 amide bonds. The summed E-state index contributed by atoms with van der Waals surface area (Å²) in [5.74, 6) is -4.64. The van der Waals surface area contributed by atoms with Crippen molar-refractivity contribution in [2.24, 2.45) is 5.73 Å². The maximum absolute atomic E-state index is 13.0. The van der Waals surface area contributed by atoms with Gasteiger partial charge in [-0.2, -0.15) is 11.8 Å². The van der Waals surface area contributed by atoms with E-state index in [-0.39, 0.29) is 18.6 Å². The number of aromatic hydroxyl groups is 1. The van der Waals surface area contributed by atoms with E-state index < -0.39 is 60.2 Å². The Morgan fingerprint density at radius 2 is 1.44 bits per heavy atom. The molecule has 13 heteroatoms. The fourth-order valence-corrected chi connectivity index (χ4v) is 3.28. The van der Waals surface area contributed by atoms with Crippen LogP contribution in [-0.2, 0) is 30.4 Å². The number of thioether (sulfide) groups is 1. The third-order valence-electron chi connectivity index (χ3n) is 4.66. The number of nitrogens with one attached hydrogen (secondary N) is 3. The summed E-state index contributed by atoms with van der Waals surface area (Å²) in [7, 11) is 0. The molecule has 0 spiro atoms. The number of phenols is 1. The first-order chi connectivity index (χ1) is 15.9. The summed E-state index contributed by atoms with van der Waals surface area (Å²) in [6.07, 6.45) is 1.11. The van der Waals surface area contributed by atoms with Gasteiger partial charge in [0.2, 0.25) is 17.7 Å². The number of amides is 3. The zero-order chi connectivity index (χ0) is 25.8. The quantitative estimate of drug-likeness (QED) is 0.167. The van der Waals surface area contributed by atoms with Crippen LogP contribution in [0.15, 0.2) is 24.3 Å². The van der Waals surface area contributed by atoms with Gasteiger partial charge < -0.3 is 37.0 Å². The molecule has 0 saturated carbocycles. The molecule has 1 aromatic carbocycles. The Labute approximate surface area is 200 Å². The van der Waals surface area contributed by atoms with Crippen molar-refractivity contribution in [2.75, 3.05) is 12.0 Å². The third kappa shape index (κ3) is 10.1. The summed E-state index contributed by atoms with van der Waals surface area (Å²) in [5, 5.41) is 34.8. The monoisotopic (exact) mass is 498 g/mol. The number of carboxylic acids is 2. The largest absolute Gasteiger partial charge is 0.508 e. The molecule has 0 fully saturated rings. The van der Waals surface area contributed by atoms with Crippen molar-refractivity contribution >= 4 is 41.4 Å². The number of aliphatic carboxylic acids is 2. The number of hydrogen-bond acceptors (Lipinski definition) is 8. The van der Waals surface area contributed by atoms with Gasteiger partial charge in [0, 0.05) is 6.42 Å². The van der Waals surface area contributed by atoms with Crippen LogP contribution in [0.25, 0.3) is 0 Å². The lowest BCUT2D eigenvalue weighted by Gasteiger charge is -2.25. The number of nitrogens with two attached hydrogens (primary N) is 1. The van der Waals surface area contributed by atoms with Crippen molar-refractivity contribution in [2.45, 2.75) is 50.4 Å². The zero-order valence-electron chi connectivity index (χ0n) is 18.8. The molecule has 0 saturated heterocycles. The molecule has 12 nitrogen and oxygen atoms in total. The Hall–Kier alpha value is -3.32. The van der Waals surface area contributed by atoms with Gasteiger partial charge in [0.1, 0.15) is 23.9 Å². The SMILES string of the molecule is CSCCC(NC(=O)C(C)N)C(=O)NC(Cc1ccc(O)cc1)C(=O)NC(CC(=O)O)C(=O)O. The highest BCUT2D eigenvalue weighted by Crippen LogP contribution is 2.12. The van der Waals surface area contributed by atoms with Gasteiger partial charge in [0.15, 0.2) is 0 Å². The second-order valence-corrected chi connectivity index (χ2v) is 8.55. The molecule has 0 radical (unpaired) electrons. The number of benzene rings is 1. The summed E-state index contributed by atoms with van der Waals surface area (Å²) >= 11 is 1.44. The second-order valence-electron chi connectivity index (χ2n) is 7.56. The number of rotatable bonds is 14. The highest BCUT2D eigenvalue weighted by Gasteiger charge is 2.31. The minimum absolute atomic E-state index is 0.0167. The van der Waals surface area contributed by atoms with Gasteiger partial charge in [0.05, 0.1) is 12.5 Å². The molecule has 34 heavy (non-hydrogen) atoms. The zero-order valence-corrected chi connectivity index (χ0v) is 19.6. The molecule has 188 valence electrons. The third-order valence-corrected chi connectivity index (χ3v) is 5.30. The average Bonchev–Trinajstić information content (AvgIpc) is 2.76. The van der Waals surface area contributed by atoms with E-state index >= 15 is 0 Å². The Bertz CT molecular complexity index is 878. The first kappa shape index (κ1) is 28.7. The van der Waals surface area contributed by atoms with Crippen molar-refractivity contribution in [1.82, 2.24) is 16.0 Å². The molecule has 0 aliphatic rings. The second kappa shape index (κ2) is 14.1. The predicted octanol–water partition coefficient (Wildman–Crippen LogP) is -0.951. The summed E-state index contributed by atoms with van der Waals surface area (Å²) in [4.78, 5) is 60.2. The van der Waals surface area contributed by atoms with Crippen LogP contribution in [0.2, 0.25) is 0 Å². The smallest absolute Gasteiger partial charge is 0.326 e. The molecule has 4 unspecified atom stereocenters. The fourth-order valence-electron chi connectivity index (χ4n) is 2.80. The van der Waals surface area contributed by atoms with E-state index in [9.17, 15) is 34.2 Å². The maximum Gasteiger partial charge on any atom is 0.326 e. The van der Waals surface area contributed by atoms with Crippen LogP contribution in [0, 0.1) is 0 Å². The maximum atomic E-state index is 13.0. The Kier molecular flexibility index (Phi) is 11.9. The van der Waals surface area contributed by atoms with E-state index in [4.69, 9.17) is 10.8 Å².